The highest BCUT2D eigenvalue weighted by molar-refractivity contribution is 6.01. The molecule has 0 radical (unpaired) electrons. The van der Waals surface area contributed by atoms with Gasteiger partial charge in [0.1, 0.15) is 5.82 Å². The predicted octanol–water partition coefficient (Wildman–Crippen LogP) is 5.82. The number of benzene rings is 2. The average Bonchev–Trinajstić information content (AvgIpc) is 3.57. The molecule has 2 N–H and O–H groups in total. The summed E-state index contributed by atoms with van der Waals surface area (Å²) in [7, 11) is 0. The van der Waals surface area contributed by atoms with Crippen LogP contribution in [-0.2, 0) is 15.8 Å². The Morgan fingerprint density at radius 1 is 1.00 bits per heavy atom. The molecule has 1 aliphatic heterocycles. The number of carbonyl (C=O) groups is 1. The van der Waals surface area contributed by atoms with Crippen LogP contribution in [0.5, 0.6) is 11.5 Å². The monoisotopic (exact) mass is 520 g/mol. The molecule has 2 aromatic carbocycles. The molecular weight excluding hydrogens is 499 g/mol. The van der Waals surface area contributed by atoms with E-state index in [0.717, 1.165) is 0 Å². The lowest BCUT2D eigenvalue weighted by molar-refractivity contribution is -0.286. The van der Waals surface area contributed by atoms with E-state index in [-0.39, 0.29) is 28.8 Å². The fraction of sp³-hybridized carbons (Fsp3) is 0.308. The first-order chi connectivity index (χ1) is 17.2. The molecule has 5 rings (SSSR count). The van der Waals surface area contributed by atoms with E-state index < -0.39 is 23.5 Å². The highest BCUT2D eigenvalue weighted by atomic mass is 19.4. The summed E-state index contributed by atoms with van der Waals surface area (Å²) in [6, 6.07) is 12.7. The van der Waals surface area contributed by atoms with Crippen LogP contribution in [0.2, 0.25) is 0 Å². The van der Waals surface area contributed by atoms with Crippen molar-refractivity contribution >= 4 is 11.7 Å². The molecule has 1 atom stereocenters. The number of aromatic nitrogens is 1. The van der Waals surface area contributed by atoms with Crippen LogP contribution in [0.4, 0.5) is 27.8 Å². The molecule has 0 bridgehead atoms. The summed E-state index contributed by atoms with van der Waals surface area (Å²) < 4.78 is 75.1. The van der Waals surface area contributed by atoms with Crippen molar-refractivity contribution in [2.45, 2.75) is 50.2 Å². The molecule has 11 heteroatoms. The van der Waals surface area contributed by atoms with Crippen LogP contribution < -0.4 is 14.8 Å². The molecule has 2 heterocycles. The van der Waals surface area contributed by atoms with Crippen LogP contribution in [0.3, 0.4) is 0 Å². The number of rotatable bonds is 5. The second-order valence-electron chi connectivity index (χ2n) is 9.37. The number of ether oxygens (including phenoxy) is 2. The molecule has 1 fully saturated rings. The van der Waals surface area contributed by atoms with Crippen molar-refractivity contribution in [2.75, 3.05) is 5.32 Å². The fourth-order valence-electron chi connectivity index (χ4n) is 4.26. The smallest absolute Gasteiger partial charge is 0.395 e. The second-order valence-corrected chi connectivity index (χ2v) is 9.37. The van der Waals surface area contributed by atoms with Gasteiger partial charge >= 0.3 is 12.5 Å². The number of pyridine rings is 1. The zero-order valence-corrected chi connectivity index (χ0v) is 19.6. The lowest BCUT2D eigenvalue weighted by atomic mass is 9.93. The number of nitrogens with zero attached hydrogens (tertiary/aromatic N) is 1. The van der Waals surface area contributed by atoms with Crippen LogP contribution in [0.25, 0.3) is 11.3 Å². The number of nitrogens with one attached hydrogen (secondary N) is 1. The van der Waals surface area contributed by atoms with Gasteiger partial charge in [0.2, 0.25) is 5.91 Å². The van der Waals surface area contributed by atoms with Crippen molar-refractivity contribution in [3.63, 3.8) is 0 Å². The third-order valence-electron chi connectivity index (χ3n) is 6.75. The third-order valence-corrected chi connectivity index (χ3v) is 6.75. The molecule has 2 aliphatic rings. The molecule has 0 saturated heterocycles. The molecule has 194 valence electrons. The Kier molecular flexibility index (Phi) is 5.49. The summed E-state index contributed by atoms with van der Waals surface area (Å²) in [4.78, 5) is 17.7. The van der Waals surface area contributed by atoms with Crippen LogP contribution in [0, 0.1) is 6.92 Å². The minimum Gasteiger partial charge on any atom is -0.395 e. The number of alkyl halides is 5. The molecule has 6 nitrogen and oxygen atoms in total. The first-order valence-corrected chi connectivity index (χ1v) is 11.3. The van der Waals surface area contributed by atoms with Crippen molar-refractivity contribution < 1.29 is 41.3 Å². The van der Waals surface area contributed by atoms with Gasteiger partial charge in [0, 0.05) is 5.56 Å². The summed E-state index contributed by atoms with van der Waals surface area (Å²) in [5.41, 5.74) is -2.11. The van der Waals surface area contributed by atoms with Crippen LogP contribution in [-0.4, -0.2) is 28.5 Å². The largest absolute Gasteiger partial charge is 0.586 e. The average molecular weight is 520 g/mol. The maximum Gasteiger partial charge on any atom is 0.586 e. The Morgan fingerprint density at radius 3 is 2.27 bits per heavy atom. The van der Waals surface area contributed by atoms with E-state index in [1.807, 2.05) is 0 Å². The Balaban J connectivity index is 1.37. The number of aryl methyl sites for hydroxylation is 1. The molecule has 0 spiro atoms. The molecule has 1 unspecified atom stereocenters. The van der Waals surface area contributed by atoms with Gasteiger partial charge < -0.3 is 19.9 Å². The Labute approximate surface area is 208 Å². The highest BCUT2D eigenvalue weighted by Crippen LogP contribution is 2.52. The summed E-state index contributed by atoms with van der Waals surface area (Å²) in [5, 5.41) is 12.7. The van der Waals surface area contributed by atoms with Gasteiger partial charge in [-0.25, -0.2) is 4.98 Å². The first kappa shape index (κ1) is 24.9. The second kappa shape index (κ2) is 8.14. The van der Waals surface area contributed by atoms with Gasteiger partial charge in [-0.15, -0.1) is 8.78 Å². The molecule has 1 saturated carbocycles. The van der Waals surface area contributed by atoms with Gasteiger partial charge in [-0.1, -0.05) is 36.4 Å². The number of carbonyl (C=O) groups excluding carboxylic acids is 1. The van der Waals surface area contributed by atoms with Gasteiger partial charge in [0.25, 0.3) is 0 Å². The Hall–Kier alpha value is -3.73. The number of amides is 1. The third kappa shape index (κ3) is 4.37. The van der Waals surface area contributed by atoms with E-state index in [4.69, 9.17) is 0 Å². The number of aliphatic hydroxyl groups is 1. The quantitative estimate of drug-likeness (QED) is 0.415. The fourth-order valence-corrected chi connectivity index (χ4v) is 4.26. The number of anilines is 1. The molecule has 37 heavy (non-hydrogen) atoms. The van der Waals surface area contributed by atoms with Gasteiger partial charge in [-0.05, 0) is 61.6 Å². The first-order valence-electron chi connectivity index (χ1n) is 11.3. The molecule has 1 aliphatic carbocycles. The lowest BCUT2D eigenvalue weighted by Crippen LogP contribution is -2.39. The van der Waals surface area contributed by atoms with Crippen LogP contribution >= 0.6 is 0 Å². The number of hydrogen-bond donors (Lipinski definition) is 2. The molecular formula is C26H21F5N2O4. The van der Waals surface area contributed by atoms with Crippen molar-refractivity contribution in [1.29, 1.82) is 0 Å². The van der Waals surface area contributed by atoms with E-state index in [0.29, 0.717) is 42.1 Å². The Morgan fingerprint density at radius 2 is 1.65 bits per heavy atom. The maximum absolute atomic E-state index is 13.4. The standard InChI is InChI=1S/C26H21F5N2O4/c1-14-3-10-20(32-21(14)15-4-6-16(7-5-15)23(2,35)25(27,28)29)33-22(34)24(11-12-24)17-8-9-18-19(13-17)37-26(30,31)36-18/h3-10,13,35H,11-12H2,1-2H3,(H,32,33,34). The number of halogens is 5. The summed E-state index contributed by atoms with van der Waals surface area (Å²) >= 11 is 0. The molecule has 1 amide bonds. The van der Waals surface area contributed by atoms with E-state index in [1.54, 1.807) is 25.1 Å². The zero-order chi connectivity index (χ0) is 26.8. The van der Waals surface area contributed by atoms with Crippen LogP contribution in [0.15, 0.2) is 54.6 Å². The van der Waals surface area contributed by atoms with E-state index in [1.165, 1.54) is 36.4 Å². The summed E-state index contributed by atoms with van der Waals surface area (Å²) in [5.74, 6) is -0.421. The number of fused-ring (bicyclic) bond motifs is 1. The normalized spacial score (nSPS) is 18.7. The maximum atomic E-state index is 13.4. The van der Waals surface area contributed by atoms with Crippen molar-refractivity contribution in [3.05, 3.63) is 71.3 Å². The topological polar surface area (TPSA) is 80.7 Å². The highest BCUT2D eigenvalue weighted by Gasteiger charge is 2.53. The van der Waals surface area contributed by atoms with Gasteiger partial charge in [0.15, 0.2) is 17.1 Å². The van der Waals surface area contributed by atoms with Crippen molar-refractivity contribution in [3.8, 4) is 22.8 Å². The van der Waals surface area contributed by atoms with Gasteiger partial charge in [0.05, 0.1) is 11.1 Å². The minimum atomic E-state index is -4.84. The van der Waals surface area contributed by atoms with Gasteiger partial charge in [-0.2, -0.15) is 13.2 Å². The van der Waals surface area contributed by atoms with Crippen LogP contribution in [0.1, 0.15) is 36.5 Å². The summed E-state index contributed by atoms with van der Waals surface area (Å²) in [6.07, 6.45) is -7.62. The minimum absolute atomic E-state index is 0.113. The molecule has 3 aromatic rings. The SMILES string of the molecule is Cc1ccc(NC(=O)C2(c3ccc4c(c3)OC(F)(F)O4)CC2)nc1-c1ccc(C(C)(O)C(F)(F)F)cc1. The predicted molar refractivity (Wildman–Crippen MR) is 122 cm³/mol. The molecule has 1 aromatic heterocycles. The summed E-state index contributed by atoms with van der Waals surface area (Å²) in [6.45, 7) is 2.44. The van der Waals surface area contributed by atoms with E-state index in [9.17, 15) is 31.9 Å². The van der Waals surface area contributed by atoms with Gasteiger partial charge in [-0.3, -0.25) is 4.79 Å². The van der Waals surface area contributed by atoms with Crippen molar-refractivity contribution in [2.24, 2.45) is 0 Å². The Bertz CT molecular complexity index is 1380. The lowest BCUT2D eigenvalue weighted by Gasteiger charge is -2.26. The number of hydrogen-bond acceptors (Lipinski definition) is 5. The van der Waals surface area contributed by atoms with E-state index >= 15 is 0 Å². The van der Waals surface area contributed by atoms with Crippen molar-refractivity contribution in [1.82, 2.24) is 4.98 Å². The van der Waals surface area contributed by atoms with E-state index in [2.05, 4.69) is 19.8 Å². The zero-order valence-electron chi connectivity index (χ0n) is 19.6.